The summed E-state index contributed by atoms with van der Waals surface area (Å²) in [5.74, 6) is -0.761. The van der Waals surface area contributed by atoms with Gasteiger partial charge in [0.1, 0.15) is 11.6 Å². The molecule has 2 nitrogen and oxygen atoms in total. The summed E-state index contributed by atoms with van der Waals surface area (Å²) in [5, 5.41) is 3.22. The average Bonchev–Trinajstić information content (AvgIpc) is 2.37. The maximum Gasteiger partial charge on any atom is 0.127 e. The molecule has 0 aromatic heterocycles. The zero-order valence-corrected chi connectivity index (χ0v) is 11.3. The lowest BCUT2D eigenvalue weighted by molar-refractivity contribution is 0.270. The number of rotatable bonds is 7. The fourth-order valence-corrected chi connectivity index (χ4v) is 1.90. The molecule has 0 heterocycles. The largest absolute Gasteiger partial charge is 0.309 e. The standard InChI is InChI=1S/C14H22F2N2/c1-4-18(5-2)10-11(3)17-9-12-8-13(15)6-7-14(12)16/h6-8,11,17H,4-5,9-10H2,1-3H3. The van der Waals surface area contributed by atoms with Crippen LogP contribution >= 0.6 is 0 Å². The lowest BCUT2D eigenvalue weighted by Crippen LogP contribution is -2.38. The molecule has 0 radical (unpaired) electrons. The average molecular weight is 256 g/mol. The minimum absolute atomic E-state index is 0.243. The van der Waals surface area contributed by atoms with Crippen molar-refractivity contribution in [3.8, 4) is 0 Å². The minimum atomic E-state index is -0.399. The van der Waals surface area contributed by atoms with Gasteiger partial charge in [-0.25, -0.2) is 8.78 Å². The van der Waals surface area contributed by atoms with Crippen LogP contribution in [-0.4, -0.2) is 30.6 Å². The number of hydrogen-bond acceptors (Lipinski definition) is 2. The van der Waals surface area contributed by atoms with Crippen LogP contribution in [0.1, 0.15) is 26.3 Å². The van der Waals surface area contributed by atoms with Crippen LogP contribution in [0, 0.1) is 11.6 Å². The Morgan fingerprint density at radius 3 is 2.50 bits per heavy atom. The number of hydrogen-bond donors (Lipinski definition) is 1. The Morgan fingerprint density at radius 2 is 1.89 bits per heavy atom. The molecule has 0 saturated heterocycles. The molecule has 1 rings (SSSR count). The first kappa shape index (κ1) is 15.1. The Morgan fingerprint density at radius 1 is 1.22 bits per heavy atom. The maximum absolute atomic E-state index is 13.4. The molecule has 4 heteroatoms. The lowest BCUT2D eigenvalue weighted by Gasteiger charge is -2.23. The van der Waals surface area contributed by atoms with Gasteiger partial charge in [0.2, 0.25) is 0 Å². The van der Waals surface area contributed by atoms with Crippen molar-refractivity contribution in [3.63, 3.8) is 0 Å². The number of nitrogens with one attached hydrogen (secondary N) is 1. The molecule has 1 aromatic carbocycles. The van der Waals surface area contributed by atoms with Gasteiger partial charge < -0.3 is 10.2 Å². The third kappa shape index (κ3) is 4.70. The van der Waals surface area contributed by atoms with Gasteiger partial charge in [0.25, 0.3) is 0 Å². The first-order valence-electron chi connectivity index (χ1n) is 6.46. The summed E-state index contributed by atoms with van der Waals surface area (Å²) in [5.41, 5.74) is 0.376. The van der Waals surface area contributed by atoms with E-state index in [1.807, 2.05) is 0 Å². The number of nitrogens with zero attached hydrogens (tertiary/aromatic N) is 1. The minimum Gasteiger partial charge on any atom is -0.309 e. The Balaban J connectivity index is 2.46. The molecular formula is C14H22F2N2. The van der Waals surface area contributed by atoms with Crippen LogP contribution in [-0.2, 0) is 6.54 Å². The van der Waals surface area contributed by atoms with E-state index in [0.717, 1.165) is 25.7 Å². The van der Waals surface area contributed by atoms with E-state index in [0.29, 0.717) is 12.1 Å². The van der Waals surface area contributed by atoms with Gasteiger partial charge in [-0.3, -0.25) is 0 Å². The highest BCUT2D eigenvalue weighted by molar-refractivity contribution is 5.18. The van der Waals surface area contributed by atoms with Crippen LogP contribution in [0.4, 0.5) is 8.78 Å². The molecule has 0 fully saturated rings. The molecule has 0 aliphatic carbocycles. The Labute approximate surface area is 108 Å². The first-order chi connectivity index (χ1) is 8.56. The number of likely N-dealkylation sites (N-methyl/N-ethyl adjacent to an activating group) is 1. The van der Waals surface area contributed by atoms with Crippen LogP contribution in [0.3, 0.4) is 0 Å². The van der Waals surface area contributed by atoms with E-state index in [9.17, 15) is 8.78 Å². The van der Waals surface area contributed by atoms with Crippen molar-refractivity contribution in [1.29, 1.82) is 0 Å². The van der Waals surface area contributed by atoms with Crippen LogP contribution < -0.4 is 5.32 Å². The Hall–Kier alpha value is -1.00. The maximum atomic E-state index is 13.4. The topological polar surface area (TPSA) is 15.3 Å². The normalized spacial score (nSPS) is 13.0. The SMILES string of the molecule is CCN(CC)CC(C)NCc1cc(F)ccc1F. The molecule has 1 aromatic rings. The predicted molar refractivity (Wildman–Crippen MR) is 70.4 cm³/mol. The Kier molecular flexibility index (Phi) is 6.22. The van der Waals surface area contributed by atoms with Gasteiger partial charge in [-0.1, -0.05) is 13.8 Å². The van der Waals surface area contributed by atoms with Crippen molar-refractivity contribution in [3.05, 3.63) is 35.4 Å². The smallest absolute Gasteiger partial charge is 0.127 e. The van der Waals surface area contributed by atoms with Crippen molar-refractivity contribution >= 4 is 0 Å². The first-order valence-corrected chi connectivity index (χ1v) is 6.46. The van der Waals surface area contributed by atoms with Gasteiger partial charge in [0.05, 0.1) is 0 Å². The fraction of sp³-hybridized carbons (Fsp3) is 0.571. The van der Waals surface area contributed by atoms with Gasteiger partial charge >= 0.3 is 0 Å². The fourth-order valence-electron chi connectivity index (χ4n) is 1.90. The summed E-state index contributed by atoms with van der Waals surface area (Å²) >= 11 is 0. The van der Waals surface area contributed by atoms with Gasteiger partial charge in [-0.2, -0.15) is 0 Å². The summed E-state index contributed by atoms with van der Waals surface area (Å²) in [6.45, 7) is 9.53. The van der Waals surface area contributed by atoms with E-state index < -0.39 is 5.82 Å². The van der Waals surface area contributed by atoms with Crippen LogP contribution in [0.15, 0.2) is 18.2 Å². The summed E-state index contributed by atoms with van der Waals surface area (Å²) in [6.07, 6.45) is 0. The summed E-state index contributed by atoms with van der Waals surface area (Å²) in [4.78, 5) is 2.29. The second kappa shape index (κ2) is 7.44. The third-order valence-electron chi connectivity index (χ3n) is 3.08. The molecule has 18 heavy (non-hydrogen) atoms. The molecule has 0 aliphatic rings. The molecule has 0 amide bonds. The van der Waals surface area contributed by atoms with E-state index in [2.05, 4.69) is 31.0 Å². The van der Waals surface area contributed by atoms with Crippen molar-refractivity contribution in [2.24, 2.45) is 0 Å². The molecular weight excluding hydrogens is 234 g/mol. The quantitative estimate of drug-likeness (QED) is 0.807. The van der Waals surface area contributed by atoms with Crippen LogP contribution in [0.5, 0.6) is 0 Å². The molecule has 0 saturated carbocycles. The lowest BCUT2D eigenvalue weighted by atomic mass is 10.2. The van der Waals surface area contributed by atoms with Gasteiger partial charge in [-0.15, -0.1) is 0 Å². The molecule has 102 valence electrons. The number of halogens is 2. The van der Waals surface area contributed by atoms with Crippen LogP contribution in [0.25, 0.3) is 0 Å². The van der Waals surface area contributed by atoms with Crippen molar-refractivity contribution in [2.75, 3.05) is 19.6 Å². The van der Waals surface area contributed by atoms with E-state index in [1.165, 1.54) is 12.1 Å². The molecule has 1 atom stereocenters. The molecule has 0 aliphatic heterocycles. The van der Waals surface area contributed by atoms with Gasteiger partial charge in [-0.05, 0) is 38.2 Å². The summed E-state index contributed by atoms with van der Waals surface area (Å²) < 4.78 is 26.4. The van der Waals surface area contributed by atoms with E-state index >= 15 is 0 Å². The third-order valence-corrected chi connectivity index (χ3v) is 3.08. The molecule has 0 spiro atoms. The van der Waals surface area contributed by atoms with E-state index in [4.69, 9.17) is 0 Å². The monoisotopic (exact) mass is 256 g/mol. The summed E-state index contributed by atoms with van der Waals surface area (Å²) in [7, 11) is 0. The second-order valence-corrected chi connectivity index (χ2v) is 4.50. The Bertz CT molecular complexity index is 365. The van der Waals surface area contributed by atoms with E-state index in [-0.39, 0.29) is 11.9 Å². The highest BCUT2D eigenvalue weighted by Gasteiger charge is 2.08. The van der Waals surface area contributed by atoms with Gasteiger partial charge in [0.15, 0.2) is 0 Å². The molecule has 0 bridgehead atoms. The van der Waals surface area contributed by atoms with Crippen molar-refractivity contribution < 1.29 is 8.78 Å². The summed E-state index contributed by atoms with van der Waals surface area (Å²) in [6, 6.07) is 3.79. The predicted octanol–water partition coefficient (Wildman–Crippen LogP) is 2.78. The second-order valence-electron chi connectivity index (χ2n) is 4.50. The molecule has 1 unspecified atom stereocenters. The van der Waals surface area contributed by atoms with E-state index in [1.54, 1.807) is 0 Å². The van der Waals surface area contributed by atoms with Crippen molar-refractivity contribution in [1.82, 2.24) is 10.2 Å². The highest BCUT2D eigenvalue weighted by Crippen LogP contribution is 2.09. The van der Waals surface area contributed by atoms with Gasteiger partial charge in [0, 0.05) is 24.7 Å². The molecule has 1 N–H and O–H groups in total. The highest BCUT2D eigenvalue weighted by atomic mass is 19.1. The zero-order valence-electron chi connectivity index (χ0n) is 11.3. The van der Waals surface area contributed by atoms with Crippen molar-refractivity contribution in [2.45, 2.75) is 33.4 Å². The van der Waals surface area contributed by atoms with Crippen LogP contribution in [0.2, 0.25) is 0 Å². The zero-order chi connectivity index (χ0) is 13.5. The number of benzene rings is 1.